The van der Waals surface area contributed by atoms with Crippen molar-refractivity contribution in [1.29, 1.82) is 0 Å². The van der Waals surface area contributed by atoms with Crippen LogP contribution >= 0.6 is 0 Å². The first-order valence-electron chi connectivity index (χ1n) is 6.08. The van der Waals surface area contributed by atoms with Crippen LogP contribution in [0.5, 0.6) is 5.75 Å². The molecule has 1 atom stereocenters. The molecule has 1 N–H and O–H groups in total. The van der Waals surface area contributed by atoms with E-state index >= 15 is 0 Å². The topological polar surface area (TPSA) is 72.8 Å². The van der Waals surface area contributed by atoms with Crippen LogP contribution in [0.4, 0.5) is 4.79 Å². The van der Waals surface area contributed by atoms with Gasteiger partial charge in [-0.3, -0.25) is 0 Å². The Morgan fingerprint density at radius 3 is 2.55 bits per heavy atom. The van der Waals surface area contributed by atoms with E-state index < -0.39 is 17.8 Å². The maximum Gasteiger partial charge on any atom is 1.00 e. The first-order chi connectivity index (χ1) is 8.69. The maximum atomic E-state index is 11.7. The number of nitrogens with zero attached hydrogens (tertiary/aromatic N) is 1. The number of carbonyl (C=O) groups excluding carboxylic acids is 1. The second-order valence-corrected chi connectivity index (χ2v) is 5.45. The summed E-state index contributed by atoms with van der Waals surface area (Å²) in [6.45, 7) is 5.39. The van der Waals surface area contributed by atoms with Gasteiger partial charge in [0.2, 0.25) is 0 Å². The summed E-state index contributed by atoms with van der Waals surface area (Å²) < 4.78 is 5.17. The van der Waals surface area contributed by atoms with Crippen LogP contribution in [-0.4, -0.2) is 35.3 Å². The van der Waals surface area contributed by atoms with Crippen molar-refractivity contribution in [2.24, 2.45) is 0 Å². The van der Waals surface area contributed by atoms with Gasteiger partial charge in [0.25, 0.3) is 0 Å². The minimum Gasteiger partial charge on any atom is -0.872 e. The number of aliphatic hydroxyl groups is 1. The molecular formula is C14H20NNaO4. The summed E-state index contributed by atoms with van der Waals surface area (Å²) in [5, 5.41) is 21.2. The zero-order chi connectivity index (χ0) is 14.6. The van der Waals surface area contributed by atoms with Crippen LogP contribution in [-0.2, 0) is 4.74 Å². The SMILES string of the molecule is CN(C[C@H](O)c1cccc([O-])c1)C(=O)OC(C)(C)C.[Na+]. The van der Waals surface area contributed by atoms with Gasteiger partial charge in [0.05, 0.1) is 12.6 Å². The van der Waals surface area contributed by atoms with Crippen molar-refractivity contribution in [2.75, 3.05) is 13.6 Å². The number of amides is 1. The van der Waals surface area contributed by atoms with Crippen molar-refractivity contribution in [2.45, 2.75) is 32.5 Å². The van der Waals surface area contributed by atoms with Gasteiger partial charge in [-0.25, -0.2) is 4.79 Å². The van der Waals surface area contributed by atoms with E-state index in [0.29, 0.717) is 5.56 Å². The van der Waals surface area contributed by atoms with Crippen molar-refractivity contribution >= 4 is 6.09 Å². The molecule has 6 heteroatoms. The van der Waals surface area contributed by atoms with Crippen LogP contribution in [0, 0.1) is 0 Å². The van der Waals surface area contributed by atoms with Gasteiger partial charge in [-0.15, -0.1) is 5.75 Å². The first-order valence-corrected chi connectivity index (χ1v) is 6.08. The van der Waals surface area contributed by atoms with Gasteiger partial charge in [0.15, 0.2) is 0 Å². The second kappa shape index (κ2) is 7.88. The quantitative estimate of drug-likeness (QED) is 0.699. The van der Waals surface area contributed by atoms with Crippen LogP contribution in [0.1, 0.15) is 32.4 Å². The van der Waals surface area contributed by atoms with Crippen molar-refractivity contribution in [3.63, 3.8) is 0 Å². The number of hydrogen-bond donors (Lipinski definition) is 1. The smallest absolute Gasteiger partial charge is 0.872 e. The number of hydrogen-bond acceptors (Lipinski definition) is 4. The molecular weight excluding hydrogens is 269 g/mol. The Labute approximate surface area is 141 Å². The van der Waals surface area contributed by atoms with E-state index in [-0.39, 0.29) is 41.9 Å². The Kier molecular flexibility index (Phi) is 7.59. The van der Waals surface area contributed by atoms with Crippen molar-refractivity contribution in [3.8, 4) is 5.75 Å². The number of ether oxygens (including phenoxy) is 1. The molecule has 1 rings (SSSR count). The van der Waals surface area contributed by atoms with Gasteiger partial charge < -0.3 is 19.8 Å². The predicted molar refractivity (Wildman–Crippen MR) is 69.7 cm³/mol. The van der Waals surface area contributed by atoms with E-state index in [2.05, 4.69) is 0 Å². The number of likely N-dealkylation sites (N-methyl/N-ethyl adjacent to an activating group) is 1. The monoisotopic (exact) mass is 289 g/mol. The Morgan fingerprint density at radius 1 is 1.45 bits per heavy atom. The molecule has 0 spiro atoms. The first kappa shape index (κ1) is 19.2. The molecule has 0 radical (unpaired) electrons. The Balaban J connectivity index is 0.00000361. The van der Waals surface area contributed by atoms with Crippen LogP contribution in [0.25, 0.3) is 0 Å². The molecule has 0 saturated heterocycles. The summed E-state index contributed by atoms with van der Waals surface area (Å²) in [5.74, 6) is -0.170. The average molecular weight is 289 g/mol. The van der Waals surface area contributed by atoms with E-state index in [1.807, 2.05) is 0 Å². The van der Waals surface area contributed by atoms with Crippen molar-refractivity contribution in [3.05, 3.63) is 29.8 Å². The van der Waals surface area contributed by atoms with Crippen LogP contribution in [0.3, 0.4) is 0 Å². The summed E-state index contributed by atoms with van der Waals surface area (Å²) in [6, 6.07) is 5.99. The number of aliphatic hydroxyl groups excluding tert-OH is 1. The summed E-state index contributed by atoms with van der Waals surface area (Å²) in [5.41, 5.74) is -0.0893. The third kappa shape index (κ3) is 6.61. The molecule has 0 aliphatic rings. The molecule has 0 saturated carbocycles. The van der Waals surface area contributed by atoms with Gasteiger partial charge >= 0.3 is 35.7 Å². The molecule has 0 aliphatic heterocycles. The minimum atomic E-state index is -0.911. The molecule has 0 aromatic heterocycles. The van der Waals surface area contributed by atoms with E-state index in [0.717, 1.165) is 0 Å². The molecule has 106 valence electrons. The van der Waals surface area contributed by atoms with Gasteiger partial charge in [-0.05, 0) is 26.3 Å². The number of benzene rings is 1. The third-order valence-electron chi connectivity index (χ3n) is 2.39. The van der Waals surface area contributed by atoms with Crippen LogP contribution < -0.4 is 34.7 Å². The van der Waals surface area contributed by atoms with Crippen LogP contribution in [0.2, 0.25) is 0 Å². The zero-order valence-corrected chi connectivity index (χ0v) is 14.7. The van der Waals surface area contributed by atoms with Gasteiger partial charge in [0, 0.05) is 7.05 Å². The number of rotatable bonds is 3. The summed E-state index contributed by atoms with van der Waals surface area (Å²) in [7, 11) is 1.54. The molecule has 0 heterocycles. The van der Waals surface area contributed by atoms with E-state index in [1.165, 1.54) is 17.0 Å². The zero-order valence-electron chi connectivity index (χ0n) is 12.7. The fraction of sp³-hybridized carbons (Fsp3) is 0.500. The van der Waals surface area contributed by atoms with E-state index in [4.69, 9.17) is 4.74 Å². The molecule has 1 aromatic rings. The van der Waals surface area contributed by atoms with Crippen molar-refractivity contribution < 1.29 is 49.3 Å². The molecule has 20 heavy (non-hydrogen) atoms. The van der Waals surface area contributed by atoms with Crippen LogP contribution in [0.15, 0.2) is 24.3 Å². The molecule has 0 bridgehead atoms. The largest absolute Gasteiger partial charge is 1.00 e. The molecule has 0 unspecified atom stereocenters. The predicted octanol–water partition coefficient (Wildman–Crippen LogP) is -1.34. The van der Waals surface area contributed by atoms with E-state index in [1.54, 1.807) is 40.0 Å². The Morgan fingerprint density at radius 2 is 2.05 bits per heavy atom. The third-order valence-corrected chi connectivity index (χ3v) is 2.39. The van der Waals surface area contributed by atoms with Crippen molar-refractivity contribution in [1.82, 2.24) is 4.90 Å². The molecule has 5 nitrogen and oxygen atoms in total. The average Bonchev–Trinajstić information content (AvgIpc) is 2.26. The summed E-state index contributed by atoms with van der Waals surface area (Å²) >= 11 is 0. The maximum absolute atomic E-state index is 11.7. The normalized spacial score (nSPS) is 12.2. The van der Waals surface area contributed by atoms with Gasteiger partial charge in [-0.1, -0.05) is 24.3 Å². The Bertz CT molecular complexity index is 445. The van der Waals surface area contributed by atoms with E-state index in [9.17, 15) is 15.0 Å². The Hall–Kier alpha value is -0.750. The molecule has 0 fully saturated rings. The fourth-order valence-electron chi connectivity index (χ4n) is 1.50. The minimum absolute atomic E-state index is 0. The number of carbonyl (C=O) groups is 1. The van der Waals surface area contributed by atoms with Gasteiger partial charge in [0.1, 0.15) is 5.60 Å². The molecule has 0 aliphatic carbocycles. The summed E-state index contributed by atoms with van der Waals surface area (Å²) in [6.07, 6.45) is -1.42. The second-order valence-electron chi connectivity index (χ2n) is 5.45. The molecule has 1 aromatic carbocycles. The fourth-order valence-corrected chi connectivity index (χ4v) is 1.50. The van der Waals surface area contributed by atoms with Gasteiger partial charge in [-0.2, -0.15) is 0 Å². The summed E-state index contributed by atoms with van der Waals surface area (Å²) in [4.78, 5) is 13.0. The standard InChI is InChI=1S/C14H21NO4.Na/c1-14(2,3)19-13(18)15(4)9-12(17)10-6-5-7-11(16)8-10;/h5-8,12,16-17H,9H2,1-4H3;/q;+1/p-1/t12-;/m0./s1. The molecule has 1 amide bonds.